The van der Waals surface area contributed by atoms with Crippen molar-refractivity contribution in [2.24, 2.45) is 7.05 Å². The number of alkyl halides is 3. The van der Waals surface area contributed by atoms with E-state index in [1.165, 1.54) is 0 Å². The quantitative estimate of drug-likeness (QED) is 0.376. The van der Waals surface area contributed by atoms with E-state index in [0.29, 0.717) is 3.97 Å². The van der Waals surface area contributed by atoms with Crippen LogP contribution in [0.1, 0.15) is 0 Å². The summed E-state index contributed by atoms with van der Waals surface area (Å²) in [4.78, 5) is 0. The third kappa shape index (κ3) is 3.44. The lowest BCUT2D eigenvalue weighted by Crippen LogP contribution is -2.44. The predicted octanol–water partition coefficient (Wildman–Crippen LogP) is -1.03. The fourth-order valence-corrected chi connectivity index (χ4v) is 3.73. The van der Waals surface area contributed by atoms with Crippen molar-refractivity contribution in [1.29, 1.82) is 0 Å². The second-order valence-corrected chi connectivity index (χ2v) is 7.83. The SMILES string of the molecule is C[n+]1ccn(S(=O)(=O)N2CCOCC2)c1OS(=O)(=O)C(F)(F)F. The Labute approximate surface area is 130 Å². The number of rotatable bonds is 4. The second-order valence-electron chi connectivity index (χ2n) is 4.49. The highest BCUT2D eigenvalue weighted by molar-refractivity contribution is 7.88. The molecule has 9 nitrogen and oxygen atoms in total. The highest BCUT2D eigenvalue weighted by atomic mass is 32.2. The summed E-state index contributed by atoms with van der Waals surface area (Å²) in [5, 5.41) is 0. The average molecular weight is 380 g/mol. The van der Waals surface area contributed by atoms with E-state index in [9.17, 15) is 30.0 Å². The minimum Gasteiger partial charge on any atom is -0.379 e. The average Bonchev–Trinajstić information content (AvgIpc) is 2.80. The van der Waals surface area contributed by atoms with Gasteiger partial charge in [0.15, 0.2) is 6.20 Å². The van der Waals surface area contributed by atoms with Crippen LogP contribution in [0.2, 0.25) is 0 Å². The van der Waals surface area contributed by atoms with Crippen LogP contribution in [-0.2, 0) is 32.1 Å². The summed E-state index contributed by atoms with van der Waals surface area (Å²) in [6.45, 7) is 0.193. The molecule has 1 aliphatic heterocycles. The van der Waals surface area contributed by atoms with Crippen molar-refractivity contribution in [2.75, 3.05) is 26.3 Å². The molecule has 0 unspecified atom stereocenters. The van der Waals surface area contributed by atoms with Crippen LogP contribution in [-0.4, -0.2) is 56.9 Å². The van der Waals surface area contributed by atoms with E-state index in [1.807, 2.05) is 0 Å². The molecule has 0 aliphatic carbocycles. The number of aryl methyl sites for hydroxylation is 1. The third-order valence-corrected chi connectivity index (χ3v) is 5.66. The number of aromatic nitrogens is 2. The summed E-state index contributed by atoms with van der Waals surface area (Å²) >= 11 is 0. The van der Waals surface area contributed by atoms with Crippen LogP contribution in [0, 0.1) is 0 Å². The molecule has 23 heavy (non-hydrogen) atoms. The molecule has 1 aliphatic rings. The van der Waals surface area contributed by atoms with Gasteiger partial charge in [-0.25, -0.2) is 0 Å². The first kappa shape index (κ1) is 18.0. The van der Waals surface area contributed by atoms with Gasteiger partial charge in [-0.05, 0) is 0 Å². The Bertz CT molecular complexity index is 780. The first-order valence-electron chi connectivity index (χ1n) is 6.13. The monoisotopic (exact) mass is 380 g/mol. The van der Waals surface area contributed by atoms with Crippen LogP contribution in [0.25, 0.3) is 0 Å². The van der Waals surface area contributed by atoms with Crippen molar-refractivity contribution in [3.8, 4) is 6.01 Å². The molecule has 0 radical (unpaired) electrons. The van der Waals surface area contributed by atoms with E-state index in [-0.39, 0.29) is 26.3 Å². The summed E-state index contributed by atoms with van der Waals surface area (Å²) < 4.78 is 95.5. The maximum atomic E-state index is 12.4. The Morgan fingerprint density at radius 2 is 1.78 bits per heavy atom. The minimum atomic E-state index is -6.01. The van der Waals surface area contributed by atoms with E-state index in [2.05, 4.69) is 4.18 Å². The van der Waals surface area contributed by atoms with Gasteiger partial charge < -0.3 is 8.92 Å². The number of morpholine rings is 1. The van der Waals surface area contributed by atoms with Gasteiger partial charge in [0.2, 0.25) is 0 Å². The van der Waals surface area contributed by atoms with Gasteiger partial charge >= 0.3 is 31.8 Å². The van der Waals surface area contributed by atoms with E-state index in [4.69, 9.17) is 4.74 Å². The molecule has 1 fully saturated rings. The van der Waals surface area contributed by atoms with Gasteiger partial charge in [-0.3, -0.25) is 0 Å². The molecule has 14 heteroatoms. The fourth-order valence-electron chi connectivity index (χ4n) is 1.76. The Hall–Kier alpha value is -1.38. The van der Waals surface area contributed by atoms with E-state index in [0.717, 1.165) is 28.3 Å². The number of ether oxygens (including phenoxy) is 1. The maximum absolute atomic E-state index is 12.4. The molecule has 1 aromatic heterocycles. The first-order chi connectivity index (χ1) is 10.5. The summed E-state index contributed by atoms with van der Waals surface area (Å²) in [6, 6.07) is -1.01. The lowest BCUT2D eigenvalue weighted by Gasteiger charge is -2.23. The molecule has 0 N–H and O–H groups in total. The van der Waals surface area contributed by atoms with Crippen molar-refractivity contribution in [3.05, 3.63) is 12.4 Å². The van der Waals surface area contributed by atoms with Gasteiger partial charge in [-0.1, -0.05) is 3.97 Å². The largest absolute Gasteiger partial charge is 0.534 e. The molecular formula is C9H13F3N3O6S2+. The zero-order valence-corrected chi connectivity index (χ0v) is 13.4. The fraction of sp³-hybridized carbons (Fsp3) is 0.667. The summed E-state index contributed by atoms with van der Waals surface area (Å²) in [5.74, 6) is 0. The van der Waals surface area contributed by atoms with Gasteiger partial charge in [0.25, 0.3) is 0 Å². The zero-order chi connectivity index (χ0) is 17.5. The van der Waals surface area contributed by atoms with Crippen LogP contribution in [0.5, 0.6) is 6.01 Å². The minimum absolute atomic E-state index is 0.0182. The van der Waals surface area contributed by atoms with Crippen LogP contribution < -0.4 is 8.75 Å². The van der Waals surface area contributed by atoms with Crippen molar-refractivity contribution < 1.29 is 43.5 Å². The van der Waals surface area contributed by atoms with Gasteiger partial charge in [-0.15, -0.1) is 0 Å². The van der Waals surface area contributed by atoms with Gasteiger partial charge in [0.05, 0.1) is 20.3 Å². The highest BCUT2D eigenvalue weighted by Crippen LogP contribution is 2.26. The summed E-state index contributed by atoms with van der Waals surface area (Å²) in [7, 11) is -9.16. The van der Waals surface area contributed by atoms with Gasteiger partial charge in [0.1, 0.15) is 6.20 Å². The van der Waals surface area contributed by atoms with E-state index >= 15 is 0 Å². The van der Waals surface area contributed by atoms with Crippen LogP contribution in [0.15, 0.2) is 12.4 Å². The molecule has 2 rings (SSSR count). The Morgan fingerprint density at radius 3 is 2.30 bits per heavy atom. The van der Waals surface area contributed by atoms with Crippen molar-refractivity contribution in [2.45, 2.75) is 5.51 Å². The van der Waals surface area contributed by atoms with Crippen molar-refractivity contribution >= 4 is 20.3 Å². The molecule has 0 amide bonds. The Balaban J connectivity index is 2.43. The van der Waals surface area contributed by atoms with Crippen molar-refractivity contribution in [3.63, 3.8) is 0 Å². The summed E-state index contributed by atoms with van der Waals surface area (Å²) in [6.07, 6.45) is 1.95. The van der Waals surface area contributed by atoms with Crippen LogP contribution >= 0.6 is 0 Å². The molecular weight excluding hydrogens is 367 g/mol. The molecule has 0 spiro atoms. The summed E-state index contributed by atoms with van der Waals surface area (Å²) in [5.41, 5.74) is -5.68. The van der Waals surface area contributed by atoms with Crippen LogP contribution in [0.3, 0.4) is 0 Å². The maximum Gasteiger partial charge on any atom is 0.534 e. The first-order valence-corrected chi connectivity index (χ1v) is 8.93. The van der Waals surface area contributed by atoms with Gasteiger partial charge in [-0.2, -0.15) is 38.9 Å². The topological polar surface area (TPSA) is 98.8 Å². The molecule has 0 saturated carbocycles. The molecule has 0 atom stereocenters. The second kappa shape index (κ2) is 5.92. The van der Waals surface area contributed by atoms with E-state index in [1.54, 1.807) is 0 Å². The molecule has 1 aromatic rings. The predicted molar refractivity (Wildman–Crippen MR) is 67.9 cm³/mol. The van der Waals surface area contributed by atoms with Crippen LogP contribution in [0.4, 0.5) is 13.2 Å². The molecule has 132 valence electrons. The Kier molecular flexibility index (Phi) is 4.62. The lowest BCUT2D eigenvalue weighted by molar-refractivity contribution is -0.673. The smallest absolute Gasteiger partial charge is 0.379 e. The molecule has 2 heterocycles. The number of hydrogen-bond acceptors (Lipinski definition) is 6. The van der Waals surface area contributed by atoms with E-state index < -0.39 is 31.8 Å². The number of halogens is 3. The standard InChI is InChI=1S/C9H13F3N3O6S2/c1-13-2-3-15(8(13)21-22(16,17)9(10,11)12)23(18,19)14-4-6-20-7-5-14/h2-3H,4-7H2,1H3/q+1. The molecule has 1 saturated heterocycles. The lowest BCUT2D eigenvalue weighted by atomic mass is 10.5. The highest BCUT2D eigenvalue weighted by Gasteiger charge is 2.51. The Morgan fingerprint density at radius 1 is 1.22 bits per heavy atom. The number of hydrogen-bond donors (Lipinski definition) is 0. The number of imidazole rings is 1. The van der Waals surface area contributed by atoms with Gasteiger partial charge in [0, 0.05) is 13.1 Å². The zero-order valence-electron chi connectivity index (χ0n) is 11.7. The molecule has 0 bridgehead atoms. The van der Waals surface area contributed by atoms with Crippen molar-refractivity contribution in [1.82, 2.24) is 8.28 Å². The third-order valence-electron chi connectivity index (χ3n) is 2.93. The normalized spacial score (nSPS) is 18.1. The molecule has 0 aromatic carbocycles. The number of nitrogens with zero attached hydrogens (tertiary/aromatic N) is 3.